The second-order valence-electron chi connectivity index (χ2n) is 3.44. The monoisotopic (exact) mass is 175 g/mol. The molecular formula is C11H13NO. The molecular weight excluding hydrogens is 162 g/mol. The highest BCUT2D eigenvalue weighted by atomic mass is 16.5. The molecule has 0 fully saturated rings. The third kappa shape index (κ3) is 1.48. The maximum absolute atomic E-state index is 5.31. The lowest BCUT2D eigenvalue weighted by Crippen LogP contribution is -2.35. The predicted molar refractivity (Wildman–Crippen MR) is 52.8 cm³/mol. The Bertz CT molecular complexity index is 296. The molecule has 0 aliphatic carbocycles. The molecule has 1 heterocycles. The van der Waals surface area contributed by atoms with Gasteiger partial charge in [-0.25, -0.2) is 0 Å². The molecule has 0 saturated heterocycles. The lowest BCUT2D eigenvalue weighted by molar-refractivity contribution is 0.377. The summed E-state index contributed by atoms with van der Waals surface area (Å²) in [4.78, 5) is 2.26. The fourth-order valence-electron chi connectivity index (χ4n) is 1.51. The maximum Gasteiger partial charge on any atom is 0.217 e. The normalized spacial score (nSPS) is 15.5. The van der Waals surface area contributed by atoms with Gasteiger partial charge in [0.2, 0.25) is 6.61 Å². The van der Waals surface area contributed by atoms with E-state index in [1.165, 1.54) is 0 Å². The summed E-state index contributed by atoms with van der Waals surface area (Å²) in [7, 11) is 0. The largest absolute Gasteiger partial charge is 0.474 e. The van der Waals surface area contributed by atoms with Crippen LogP contribution in [0.25, 0.3) is 0 Å². The van der Waals surface area contributed by atoms with E-state index in [1.54, 1.807) is 0 Å². The van der Waals surface area contributed by atoms with Crippen LogP contribution in [0.3, 0.4) is 0 Å². The first-order valence-electron chi connectivity index (χ1n) is 4.54. The van der Waals surface area contributed by atoms with Crippen LogP contribution in [-0.4, -0.2) is 12.6 Å². The molecule has 0 amide bonds. The SMILES string of the molecule is CC(C)N1C[C]Oc2ccccc21. The maximum atomic E-state index is 5.31. The van der Waals surface area contributed by atoms with E-state index in [1.807, 2.05) is 18.2 Å². The number of hydrogen-bond acceptors (Lipinski definition) is 2. The fourth-order valence-corrected chi connectivity index (χ4v) is 1.51. The molecule has 2 rings (SSSR count). The number of fused-ring (bicyclic) bond motifs is 1. The molecule has 2 nitrogen and oxygen atoms in total. The van der Waals surface area contributed by atoms with Crippen molar-refractivity contribution in [2.75, 3.05) is 11.4 Å². The average Bonchev–Trinajstić information content (AvgIpc) is 2.17. The van der Waals surface area contributed by atoms with E-state index in [0.29, 0.717) is 6.04 Å². The van der Waals surface area contributed by atoms with Gasteiger partial charge in [0.25, 0.3) is 0 Å². The van der Waals surface area contributed by atoms with E-state index in [2.05, 4.69) is 31.4 Å². The number of para-hydroxylation sites is 2. The average molecular weight is 175 g/mol. The molecule has 0 aromatic heterocycles. The smallest absolute Gasteiger partial charge is 0.217 e. The molecule has 0 atom stereocenters. The molecule has 13 heavy (non-hydrogen) atoms. The van der Waals surface area contributed by atoms with Crippen molar-refractivity contribution in [1.82, 2.24) is 0 Å². The van der Waals surface area contributed by atoms with Gasteiger partial charge in [-0.2, -0.15) is 0 Å². The summed E-state index contributed by atoms with van der Waals surface area (Å²) >= 11 is 0. The zero-order chi connectivity index (χ0) is 9.26. The molecule has 0 bridgehead atoms. The minimum atomic E-state index is 0.484. The van der Waals surface area contributed by atoms with Crippen molar-refractivity contribution in [3.05, 3.63) is 30.9 Å². The summed E-state index contributed by atoms with van der Waals surface area (Å²) in [6.07, 6.45) is 0. The highest BCUT2D eigenvalue weighted by Crippen LogP contribution is 2.32. The lowest BCUT2D eigenvalue weighted by atomic mass is 10.2. The fraction of sp³-hybridized carbons (Fsp3) is 0.364. The van der Waals surface area contributed by atoms with Crippen LogP contribution in [0.4, 0.5) is 5.69 Å². The molecule has 2 radical (unpaired) electrons. The molecule has 2 heteroatoms. The Morgan fingerprint density at radius 1 is 1.38 bits per heavy atom. The Hall–Kier alpha value is -1.18. The van der Waals surface area contributed by atoms with Crippen LogP contribution in [0, 0.1) is 6.61 Å². The van der Waals surface area contributed by atoms with Crippen LogP contribution in [-0.2, 0) is 0 Å². The summed E-state index contributed by atoms with van der Waals surface area (Å²) in [6.45, 7) is 7.98. The summed E-state index contributed by atoms with van der Waals surface area (Å²) < 4.78 is 5.31. The number of benzene rings is 1. The van der Waals surface area contributed by atoms with Gasteiger partial charge in [0.15, 0.2) is 0 Å². The number of ether oxygens (including phenoxy) is 1. The van der Waals surface area contributed by atoms with Crippen LogP contribution in [0.2, 0.25) is 0 Å². The van der Waals surface area contributed by atoms with Gasteiger partial charge in [-0.15, -0.1) is 0 Å². The second-order valence-corrected chi connectivity index (χ2v) is 3.44. The molecule has 1 aliphatic rings. The molecule has 0 saturated carbocycles. The first-order valence-corrected chi connectivity index (χ1v) is 4.54. The first-order chi connectivity index (χ1) is 6.29. The van der Waals surface area contributed by atoms with Crippen LogP contribution >= 0.6 is 0 Å². The number of hydrogen-bond donors (Lipinski definition) is 0. The van der Waals surface area contributed by atoms with E-state index in [4.69, 9.17) is 4.74 Å². The lowest BCUT2D eigenvalue weighted by Gasteiger charge is -2.33. The molecule has 1 aliphatic heterocycles. The van der Waals surface area contributed by atoms with Gasteiger partial charge in [0, 0.05) is 6.04 Å². The molecule has 1 aromatic rings. The summed E-state index contributed by atoms with van der Waals surface area (Å²) in [5.74, 6) is 0.905. The van der Waals surface area contributed by atoms with Gasteiger partial charge < -0.3 is 9.64 Å². The molecule has 1 aromatic carbocycles. The Morgan fingerprint density at radius 3 is 2.92 bits per heavy atom. The van der Waals surface area contributed by atoms with Gasteiger partial charge in [-0.05, 0) is 26.0 Å². The predicted octanol–water partition coefficient (Wildman–Crippen LogP) is 2.33. The van der Waals surface area contributed by atoms with E-state index in [-0.39, 0.29) is 0 Å². The number of anilines is 1. The van der Waals surface area contributed by atoms with Gasteiger partial charge in [0.05, 0.1) is 12.2 Å². The highest BCUT2D eigenvalue weighted by Gasteiger charge is 2.20. The second kappa shape index (κ2) is 3.29. The van der Waals surface area contributed by atoms with Gasteiger partial charge in [-0.1, -0.05) is 12.1 Å². The van der Waals surface area contributed by atoms with Crippen LogP contribution < -0.4 is 9.64 Å². The third-order valence-electron chi connectivity index (χ3n) is 2.22. The standard InChI is InChI=1S/C11H13NO/c1-9(2)12-7-8-13-11-6-4-3-5-10(11)12/h3-6,9H,7H2,1-2H3. The third-order valence-corrected chi connectivity index (χ3v) is 2.22. The number of nitrogens with zero attached hydrogens (tertiary/aromatic N) is 1. The van der Waals surface area contributed by atoms with Crippen molar-refractivity contribution >= 4 is 5.69 Å². The van der Waals surface area contributed by atoms with Crippen molar-refractivity contribution in [1.29, 1.82) is 0 Å². The minimum absolute atomic E-state index is 0.484. The number of rotatable bonds is 1. The van der Waals surface area contributed by atoms with Crippen LogP contribution in [0.1, 0.15) is 13.8 Å². The van der Waals surface area contributed by atoms with Crippen molar-refractivity contribution in [3.8, 4) is 5.75 Å². The van der Waals surface area contributed by atoms with Gasteiger partial charge in [0.1, 0.15) is 5.75 Å². The Balaban J connectivity index is 2.37. The highest BCUT2D eigenvalue weighted by molar-refractivity contribution is 5.60. The van der Waals surface area contributed by atoms with Gasteiger partial charge in [-0.3, -0.25) is 0 Å². The van der Waals surface area contributed by atoms with Crippen molar-refractivity contribution in [3.63, 3.8) is 0 Å². The molecule has 0 N–H and O–H groups in total. The van der Waals surface area contributed by atoms with E-state index in [9.17, 15) is 0 Å². The minimum Gasteiger partial charge on any atom is -0.474 e. The van der Waals surface area contributed by atoms with Crippen molar-refractivity contribution in [2.24, 2.45) is 0 Å². The van der Waals surface area contributed by atoms with Crippen molar-refractivity contribution < 1.29 is 4.74 Å². The van der Waals surface area contributed by atoms with Crippen LogP contribution in [0.5, 0.6) is 5.75 Å². The summed E-state index contributed by atoms with van der Waals surface area (Å²) in [5, 5.41) is 0. The first kappa shape index (κ1) is 8.42. The molecule has 68 valence electrons. The Labute approximate surface area is 79.1 Å². The summed E-state index contributed by atoms with van der Waals surface area (Å²) in [5.41, 5.74) is 1.16. The van der Waals surface area contributed by atoms with E-state index in [0.717, 1.165) is 18.0 Å². The van der Waals surface area contributed by atoms with Gasteiger partial charge >= 0.3 is 0 Å². The summed E-state index contributed by atoms with van der Waals surface area (Å²) in [6, 6.07) is 8.54. The van der Waals surface area contributed by atoms with E-state index >= 15 is 0 Å². The Morgan fingerprint density at radius 2 is 2.15 bits per heavy atom. The molecule has 0 unspecified atom stereocenters. The zero-order valence-electron chi connectivity index (χ0n) is 7.95. The van der Waals surface area contributed by atoms with Crippen molar-refractivity contribution in [2.45, 2.75) is 19.9 Å². The zero-order valence-corrected chi connectivity index (χ0v) is 7.95. The van der Waals surface area contributed by atoms with Crippen LogP contribution in [0.15, 0.2) is 24.3 Å². The topological polar surface area (TPSA) is 12.5 Å². The molecule has 0 spiro atoms. The van der Waals surface area contributed by atoms with E-state index < -0.39 is 0 Å². The quantitative estimate of drug-likeness (QED) is 0.649. The Kier molecular flexibility index (Phi) is 2.13.